The molecule has 0 aromatic heterocycles. The molecule has 7 N–H and O–H groups in total. The summed E-state index contributed by atoms with van der Waals surface area (Å²) in [4.78, 5) is 34.0. The molecule has 0 aliphatic carbocycles. The monoisotopic (exact) mass is 1650 g/mol. The number of aromatic hydroxyl groups is 1. The number of allylic oxidation sites excluding steroid dienone is 1. The van der Waals surface area contributed by atoms with E-state index in [1.165, 1.54) is 22.3 Å². The Morgan fingerprint density at radius 1 is 0.450 bits per heavy atom. The molecule has 6 aromatic rings. The number of hydrogen-bond acceptors (Lipinski definition) is 14. The van der Waals surface area contributed by atoms with E-state index >= 15 is 0 Å². The third-order valence-corrected chi connectivity index (χ3v) is 17.2. The minimum Gasteiger partial charge on any atom is -0.508 e. The summed E-state index contributed by atoms with van der Waals surface area (Å²) < 4.78 is 0. The van der Waals surface area contributed by atoms with Gasteiger partial charge in [-0.2, -0.15) is 0 Å². The van der Waals surface area contributed by atoms with E-state index in [2.05, 4.69) is 184 Å². The third-order valence-electron chi connectivity index (χ3n) is 17.2. The average molecular weight is 1650 g/mol. The Morgan fingerprint density at radius 2 is 0.800 bits per heavy atom. The molecule has 18 heteroatoms. The first-order valence-corrected chi connectivity index (χ1v) is 40.9. The Morgan fingerprint density at radius 3 is 1.19 bits per heavy atom. The van der Waals surface area contributed by atoms with E-state index in [-0.39, 0.29) is 81.3 Å². The molecule has 0 aliphatic heterocycles. The number of nitrogens with zero attached hydrogens (tertiary/aromatic N) is 5. The van der Waals surface area contributed by atoms with Gasteiger partial charge in [0.2, 0.25) is 0 Å². The average Bonchev–Trinajstić information content (AvgIpc) is 0.809. The van der Waals surface area contributed by atoms with Crippen molar-refractivity contribution >= 4 is 79.2 Å². The van der Waals surface area contributed by atoms with Crippen LogP contribution in [0, 0.1) is 29.6 Å². The van der Waals surface area contributed by atoms with Crippen LogP contribution in [0.1, 0.15) is 178 Å². The van der Waals surface area contributed by atoms with Gasteiger partial charge in [-0.05, 0) is 212 Å². The molecule has 0 amide bonds. The number of hydrogen-bond donors (Lipinski definition) is 7. The van der Waals surface area contributed by atoms with Crippen LogP contribution in [-0.4, -0.2) is 175 Å². The SMILES string of the molecule is CC(CN(C)C)C(=O)c1cccc(CO)c1.CC=C(c1cccc(CO)c1)[C@@H](C)CN(C)C.CCC(=O)c1cccc(CO)c1.CC[C@@H](c1cccc(CO)c1)[C@@H](C)CN(C)C.CC[C@@H](c1cccc(O)c1)[C@@H](C)CN(C)C.CC[C@](O)(c1cccc(CO)c1)[C@@H](C)CN(C)C.Cl.Cl.II. The number of ketones is 2. The van der Waals surface area contributed by atoms with Gasteiger partial charge in [-0.15, -0.1) is 24.8 Å². The topological polar surface area (TPSA) is 192 Å². The van der Waals surface area contributed by atoms with Crippen molar-refractivity contribution in [1.82, 2.24) is 24.5 Å². The molecule has 6 aromatic carbocycles. The zero-order valence-electron chi connectivity index (χ0n) is 64.1. The van der Waals surface area contributed by atoms with Crippen LogP contribution >= 0.6 is 62.0 Å². The maximum atomic E-state index is 12.0. The Bertz CT molecular complexity index is 3150. The quantitative estimate of drug-likeness (QED) is 0.0166. The molecule has 6 rings (SSSR count). The number of benzene rings is 6. The lowest BCUT2D eigenvalue weighted by Crippen LogP contribution is -2.38. The molecule has 0 fully saturated rings. The zero-order valence-corrected chi connectivity index (χ0v) is 70.1. The molecule has 564 valence electrons. The predicted octanol–water partition coefficient (Wildman–Crippen LogP) is 16.7. The van der Waals surface area contributed by atoms with Gasteiger partial charge in [0.15, 0.2) is 11.6 Å². The standard InChI is InChI=1S/C15H25NO2.C15H25NO.C15H23NO.C14H23NO.C13H19NO2.C10H12O2.2ClH.I2/c1-5-15(18,12(2)10-16(3)4)14-8-6-7-13(9-14)11-17;2*1-5-15(12(2)10-16(3)4)14-8-6-7-13(9-14)11-17;1-5-14(11(2)10-15(3)4)12-7-6-8-13(16)9-12;1-10(8-14(2)3)13(16)12-6-4-5-11(7-12)9-15;1-2-10(12)9-5-3-4-8(6-9)7-11;;;1-2/h6-9,12,17-18H,5,10-11H2,1-4H3;6-9,12,15,17H,5,10-11H2,1-4H3;5-9,12,17H,10-11H2,1-4H3;6-9,11,14,16H,5,10H2,1-4H3;4-7,10,15H,8-9H2,1-3H3;3-6,11H,2,7H2,1H3;2*1H;/t2*12-,15+;12-;11-,14+;;;;;/m0000...../s1. The summed E-state index contributed by atoms with van der Waals surface area (Å²) in [5.74, 6) is 3.53. The Balaban J connectivity index is -0.00000112. The van der Waals surface area contributed by atoms with Crippen LogP contribution in [0.2, 0.25) is 0 Å². The molecule has 0 heterocycles. The highest BCUT2D eigenvalue weighted by atomic mass is 128. The van der Waals surface area contributed by atoms with Gasteiger partial charge in [0.1, 0.15) is 5.75 Å². The summed E-state index contributed by atoms with van der Waals surface area (Å²) in [5.41, 5.74) is 11.0. The van der Waals surface area contributed by atoms with Crippen LogP contribution in [0.25, 0.3) is 5.57 Å². The first kappa shape index (κ1) is 100.0. The Kier molecular flexibility index (Phi) is 56.2. The van der Waals surface area contributed by atoms with E-state index < -0.39 is 5.60 Å². The lowest BCUT2D eigenvalue weighted by atomic mass is 9.79. The van der Waals surface area contributed by atoms with Crippen molar-refractivity contribution in [3.63, 3.8) is 0 Å². The summed E-state index contributed by atoms with van der Waals surface area (Å²) in [6.45, 7) is 26.1. The lowest BCUT2D eigenvalue weighted by molar-refractivity contribution is -0.0292. The molecule has 0 bridgehead atoms. The second-order valence-electron chi connectivity index (χ2n) is 27.1. The van der Waals surface area contributed by atoms with E-state index in [0.717, 1.165) is 78.9 Å². The molecule has 8 atom stereocenters. The van der Waals surface area contributed by atoms with Gasteiger partial charge in [0.05, 0.1) is 38.6 Å². The van der Waals surface area contributed by atoms with Crippen molar-refractivity contribution < 1.29 is 45.3 Å². The van der Waals surface area contributed by atoms with Crippen molar-refractivity contribution in [1.29, 1.82) is 0 Å². The third kappa shape index (κ3) is 38.5. The fourth-order valence-electron chi connectivity index (χ4n) is 12.5. The number of aliphatic hydroxyl groups excluding tert-OH is 5. The highest BCUT2D eigenvalue weighted by molar-refractivity contribution is 15.0. The summed E-state index contributed by atoms with van der Waals surface area (Å²) in [6, 6.07) is 46.0. The van der Waals surface area contributed by atoms with E-state index in [4.69, 9.17) is 10.2 Å². The normalized spacial score (nSPS) is 13.6. The summed E-state index contributed by atoms with van der Waals surface area (Å²) >= 11 is 4.24. The van der Waals surface area contributed by atoms with Crippen molar-refractivity contribution in [2.24, 2.45) is 29.6 Å². The number of phenolic OH excluding ortho intramolecular Hbond substituents is 1. The van der Waals surface area contributed by atoms with Gasteiger partial charge in [0, 0.05) is 99.3 Å². The fraction of sp³-hybridized carbons (Fsp3) is 0.512. The molecule has 0 saturated carbocycles. The van der Waals surface area contributed by atoms with Crippen LogP contribution in [0.15, 0.2) is 152 Å². The minimum absolute atomic E-state index is 0. The Labute approximate surface area is 640 Å². The molecule has 14 nitrogen and oxygen atoms in total. The molecule has 1 unspecified atom stereocenters. The van der Waals surface area contributed by atoms with Gasteiger partial charge in [-0.1, -0.05) is 184 Å². The smallest absolute Gasteiger partial charge is 0.166 e. The highest BCUT2D eigenvalue weighted by Crippen LogP contribution is 2.35. The first-order chi connectivity index (χ1) is 46.4. The van der Waals surface area contributed by atoms with Gasteiger partial charge in [-0.3, -0.25) is 9.59 Å². The number of phenols is 1. The van der Waals surface area contributed by atoms with E-state index in [1.54, 1.807) is 48.5 Å². The molecule has 0 saturated heterocycles. The van der Waals surface area contributed by atoms with E-state index in [0.29, 0.717) is 59.3 Å². The second kappa shape index (κ2) is 56.2. The van der Waals surface area contributed by atoms with Gasteiger partial charge in [0.25, 0.3) is 0 Å². The zero-order chi connectivity index (χ0) is 74.7. The summed E-state index contributed by atoms with van der Waals surface area (Å²) in [7, 11) is 20.6. The Hall–Kier alpha value is -4.20. The van der Waals surface area contributed by atoms with Crippen molar-refractivity contribution in [3.8, 4) is 5.75 Å². The van der Waals surface area contributed by atoms with Gasteiger partial charge >= 0.3 is 0 Å². The van der Waals surface area contributed by atoms with Crippen molar-refractivity contribution in [2.75, 3.05) is 103 Å². The van der Waals surface area contributed by atoms with E-state index in [1.807, 2.05) is 121 Å². The summed E-state index contributed by atoms with van der Waals surface area (Å²) in [5, 5.41) is 65.8. The fourth-order valence-corrected chi connectivity index (χ4v) is 12.5. The number of carbonyl (C=O) groups is 2. The first-order valence-electron chi connectivity index (χ1n) is 34.6. The lowest BCUT2D eigenvalue weighted by Gasteiger charge is -2.35. The molecule has 100 heavy (non-hydrogen) atoms. The van der Waals surface area contributed by atoms with Crippen LogP contribution in [0.3, 0.4) is 0 Å². The summed E-state index contributed by atoms with van der Waals surface area (Å²) in [6.07, 6.45) is 5.60. The van der Waals surface area contributed by atoms with Crippen molar-refractivity contribution in [3.05, 3.63) is 213 Å². The number of carbonyl (C=O) groups excluding carboxylic acids is 2. The highest BCUT2D eigenvalue weighted by Gasteiger charge is 2.34. The van der Waals surface area contributed by atoms with Gasteiger partial charge < -0.3 is 60.2 Å². The number of aliphatic hydroxyl groups is 6. The van der Waals surface area contributed by atoms with Gasteiger partial charge in [-0.25, -0.2) is 0 Å². The largest absolute Gasteiger partial charge is 0.508 e. The predicted molar refractivity (Wildman–Crippen MR) is 444 cm³/mol. The van der Waals surface area contributed by atoms with Crippen molar-refractivity contribution in [2.45, 2.75) is 145 Å². The molecule has 0 radical (unpaired) electrons. The minimum atomic E-state index is -0.838. The van der Waals surface area contributed by atoms with Crippen LogP contribution in [0.4, 0.5) is 0 Å². The molecular weight excluding hydrogens is 1520 g/mol. The maximum absolute atomic E-state index is 12.0. The number of halogens is 4. The van der Waals surface area contributed by atoms with Crippen LogP contribution in [-0.2, 0) is 38.6 Å². The molecule has 0 spiro atoms. The second-order valence-corrected chi connectivity index (χ2v) is 27.1. The van der Waals surface area contributed by atoms with Crippen LogP contribution < -0.4 is 0 Å². The molecule has 0 aliphatic rings. The number of Topliss-reactive ketones (excluding diaryl/α,β-unsaturated/α-hetero) is 2. The molecular formula is C82H129Cl2I2N5O9. The van der Waals surface area contributed by atoms with E-state index in [9.17, 15) is 35.1 Å². The maximum Gasteiger partial charge on any atom is 0.166 e. The number of rotatable bonds is 30. The van der Waals surface area contributed by atoms with Crippen LogP contribution in [0.5, 0.6) is 5.75 Å².